The van der Waals surface area contributed by atoms with Gasteiger partial charge in [-0.05, 0) is 53.4 Å². The molecule has 0 aromatic heterocycles. The van der Waals surface area contributed by atoms with Gasteiger partial charge in [0, 0.05) is 19.2 Å². The van der Waals surface area contributed by atoms with E-state index in [4.69, 9.17) is 0 Å². The fraction of sp³-hybridized carbons (Fsp3) is 0.235. The highest BCUT2D eigenvalue weighted by atomic mass is 16.1. The van der Waals surface area contributed by atoms with Crippen molar-refractivity contribution in [2.45, 2.75) is 19.9 Å². The van der Waals surface area contributed by atoms with E-state index < -0.39 is 0 Å². The summed E-state index contributed by atoms with van der Waals surface area (Å²) >= 11 is 0. The molecule has 3 heteroatoms. The Morgan fingerprint density at radius 1 is 1.10 bits per heavy atom. The lowest BCUT2D eigenvalue weighted by atomic mass is 9.95. The maximum atomic E-state index is 11.1. The molecule has 20 heavy (non-hydrogen) atoms. The molecule has 0 saturated heterocycles. The highest BCUT2D eigenvalue weighted by molar-refractivity contribution is 5.89. The largest absolute Gasteiger partial charge is 0.326 e. The van der Waals surface area contributed by atoms with Crippen LogP contribution in [0.25, 0.3) is 11.1 Å². The zero-order chi connectivity index (χ0) is 13.9. The summed E-state index contributed by atoms with van der Waals surface area (Å²) in [4.78, 5) is 11.1. The molecule has 0 unspecified atom stereocenters. The number of hydrogen-bond donors (Lipinski definition) is 2. The van der Waals surface area contributed by atoms with Crippen LogP contribution in [0.15, 0.2) is 42.5 Å². The van der Waals surface area contributed by atoms with Gasteiger partial charge in [-0.2, -0.15) is 0 Å². The first-order chi connectivity index (χ1) is 9.72. The van der Waals surface area contributed by atoms with Crippen molar-refractivity contribution in [1.82, 2.24) is 5.32 Å². The second kappa shape index (κ2) is 5.47. The molecule has 0 spiro atoms. The Kier molecular flexibility index (Phi) is 3.52. The van der Waals surface area contributed by atoms with Crippen molar-refractivity contribution in [3.63, 3.8) is 0 Å². The van der Waals surface area contributed by atoms with Crippen molar-refractivity contribution < 1.29 is 4.79 Å². The van der Waals surface area contributed by atoms with E-state index in [1.807, 2.05) is 18.2 Å². The first kappa shape index (κ1) is 12.9. The molecule has 2 N–H and O–H groups in total. The van der Waals surface area contributed by atoms with Crippen LogP contribution in [0.2, 0.25) is 0 Å². The fourth-order valence-corrected chi connectivity index (χ4v) is 2.64. The zero-order valence-corrected chi connectivity index (χ0v) is 11.6. The van der Waals surface area contributed by atoms with Gasteiger partial charge in [0.2, 0.25) is 5.91 Å². The number of anilines is 1. The number of amides is 1. The molecule has 2 aromatic rings. The standard InChI is InChI=1S/C17H18N2O/c1-12(20)19-17-4-2-3-14(10-17)15-6-5-13-7-8-18-11-16(13)9-15/h2-6,9-10,18H,7-8,11H2,1H3,(H,19,20). The van der Waals surface area contributed by atoms with Crippen molar-refractivity contribution in [3.8, 4) is 11.1 Å². The van der Waals surface area contributed by atoms with E-state index in [1.54, 1.807) is 0 Å². The molecular weight excluding hydrogens is 248 g/mol. The maximum Gasteiger partial charge on any atom is 0.221 e. The highest BCUT2D eigenvalue weighted by Gasteiger charge is 2.09. The summed E-state index contributed by atoms with van der Waals surface area (Å²) in [5, 5.41) is 6.23. The molecule has 0 aliphatic carbocycles. The Morgan fingerprint density at radius 3 is 2.80 bits per heavy atom. The molecule has 0 radical (unpaired) electrons. The van der Waals surface area contributed by atoms with E-state index in [0.29, 0.717) is 0 Å². The predicted molar refractivity (Wildman–Crippen MR) is 81.6 cm³/mol. The van der Waals surface area contributed by atoms with Gasteiger partial charge in [-0.3, -0.25) is 4.79 Å². The summed E-state index contributed by atoms with van der Waals surface area (Å²) in [6, 6.07) is 14.6. The van der Waals surface area contributed by atoms with Crippen LogP contribution in [0.5, 0.6) is 0 Å². The molecule has 0 atom stereocenters. The molecule has 1 aliphatic heterocycles. The molecular formula is C17H18N2O. The van der Waals surface area contributed by atoms with Crippen LogP contribution in [0.4, 0.5) is 5.69 Å². The summed E-state index contributed by atoms with van der Waals surface area (Å²) in [6.45, 7) is 3.52. The third-order valence-electron chi connectivity index (χ3n) is 3.61. The minimum atomic E-state index is -0.0446. The number of carbonyl (C=O) groups excluding carboxylic acids is 1. The van der Waals surface area contributed by atoms with Gasteiger partial charge in [0.05, 0.1) is 0 Å². The van der Waals surface area contributed by atoms with Crippen LogP contribution in [0.3, 0.4) is 0 Å². The van der Waals surface area contributed by atoms with Gasteiger partial charge in [0.15, 0.2) is 0 Å². The van der Waals surface area contributed by atoms with Gasteiger partial charge < -0.3 is 10.6 Å². The summed E-state index contributed by atoms with van der Waals surface area (Å²) in [6.07, 6.45) is 1.10. The lowest BCUT2D eigenvalue weighted by Gasteiger charge is -2.18. The molecule has 1 aliphatic rings. The van der Waals surface area contributed by atoms with Crippen LogP contribution < -0.4 is 10.6 Å². The molecule has 1 amide bonds. The second-order valence-corrected chi connectivity index (χ2v) is 5.17. The SMILES string of the molecule is CC(=O)Nc1cccc(-c2ccc3c(c2)CNCC3)c1. The van der Waals surface area contributed by atoms with Crippen molar-refractivity contribution in [3.05, 3.63) is 53.6 Å². The van der Waals surface area contributed by atoms with Crippen molar-refractivity contribution in [2.24, 2.45) is 0 Å². The molecule has 0 fully saturated rings. The van der Waals surface area contributed by atoms with Crippen LogP contribution in [0.1, 0.15) is 18.1 Å². The van der Waals surface area contributed by atoms with Crippen LogP contribution in [0, 0.1) is 0 Å². The first-order valence-corrected chi connectivity index (χ1v) is 6.93. The molecule has 0 bridgehead atoms. The quantitative estimate of drug-likeness (QED) is 0.877. The Balaban J connectivity index is 1.94. The van der Waals surface area contributed by atoms with Crippen LogP contribution in [-0.2, 0) is 17.8 Å². The van der Waals surface area contributed by atoms with Gasteiger partial charge in [0.25, 0.3) is 0 Å². The lowest BCUT2D eigenvalue weighted by molar-refractivity contribution is -0.114. The predicted octanol–water partition coefficient (Wildman–Crippen LogP) is 2.96. The number of rotatable bonds is 2. The normalized spacial score (nSPS) is 13.7. The molecule has 0 saturated carbocycles. The zero-order valence-electron chi connectivity index (χ0n) is 11.6. The minimum Gasteiger partial charge on any atom is -0.326 e. The Morgan fingerprint density at radius 2 is 1.95 bits per heavy atom. The van der Waals surface area contributed by atoms with Gasteiger partial charge >= 0.3 is 0 Å². The second-order valence-electron chi connectivity index (χ2n) is 5.17. The van der Waals surface area contributed by atoms with E-state index in [2.05, 4.69) is 34.9 Å². The van der Waals surface area contributed by atoms with Gasteiger partial charge in [-0.1, -0.05) is 24.3 Å². The number of fused-ring (bicyclic) bond motifs is 1. The molecule has 3 nitrogen and oxygen atoms in total. The third-order valence-corrected chi connectivity index (χ3v) is 3.61. The summed E-state index contributed by atoms with van der Waals surface area (Å²) in [7, 11) is 0. The van der Waals surface area contributed by atoms with Gasteiger partial charge in [0.1, 0.15) is 0 Å². The topological polar surface area (TPSA) is 41.1 Å². The molecule has 2 aromatic carbocycles. The fourth-order valence-electron chi connectivity index (χ4n) is 2.64. The first-order valence-electron chi connectivity index (χ1n) is 6.93. The number of benzene rings is 2. The smallest absolute Gasteiger partial charge is 0.221 e. The van der Waals surface area contributed by atoms with Crippen molar-refractivity contribution in [1.29, 1.82) is 0 Å². The number of carbonyl (C=O) groups is 1. The minimum absolute atomic E-state index is 0.0446. The average molecular weight is 266 g/mol. The van der Waals surface area contributed by atoms with Gasteiger partial charge in [-0.15, -0.1) is 0 Å². The van der Waals surface area contributed by atoms with Gasteiger partial charge in [-0.25, -0.2) is 0 Å². The molecule has 102 valence electrons. The van der Waals surface area contributed by atoms with E-state index in [1.165, 1.54) is 23.6 Å². The van der Waals surface area contributed by atoms with Crippen molar-refractivity contribution >= 4 is 11.6 Å². The lowest BCUT2D eigenvalue weighted by Crippen LogP contribution is -2.23. The van der Waals surface area contributed by atoms with E-state index in [-0.39, 0.29) is 5.91 Å². The summed E-state index contributed by atoms with van der Waals surface area (Å²) < 4.78 is 0. The average Bonchev–Trinajstić information content (AvgIpc) is 2.46. The summed E-state index contributed by atoms with van der Waals surface area (Å²) in [5.74, 6) is -0.0446. The number of nitrogens with one attached hydrogen (secondary N) is 2. The van der Waals surface area contributed by atoms with Crippen molar-refractivity contribution in [2.75, 3.05) is 11.9 Å². The maximum absolute atomic E-state index is 11.1. The number of hydrogen-bond acceptors (Lipinski definition) is 2. The Bertz CT molecular complexity index is 649. The van der Waals surface area contributed by atoms with Crippen LogP contribution in [-0.4, -0.2) is 12.5 Å². The van der Waals surface area contributed by atoms with Crippen LogP contribution >= 0.6 is 0 Å². The van der Waals surface area contributed by atoms with E-state index in [9.17, 15) is 4.79 Å². The highest BCUT2D eigenvalue weighted by Crippen LogP contribution is 2.26. The van der Waals surface area contributed by atoms with E-state index >= 15 is 0 Å². The third kappa shape index (κ3) is 2.73. The Labute approximate surface area is 119 Å². The molecule has 3 rings (SSSR count). The summed E-state index contributed by atoms with van der Waals surface area (Å²) in [5.41, 5.74) is 5.97. The monoisotopic (exact) mass is 266 g/mol. The van der Waals surface area contributed by atoms with E-state index in [0.717, 1.165) is 30.8 Å². The molecule has 1 heterocycles. The Hall–Kier alpha value is -2.13.